The van der Waals surface area contributed by atoms with Crippen molar-refractivity contribution in [3.8, 4) is 0 Å². The molecule has 0 spiro atoms. The summed E-state index contributed by atoms with van der Waals surface area (Å²) in [4.78, 5) is 19.6. The smallest absolute Gasteiger partial charge is 0.240 e. The molecular formula is C22H25FN4O. The Morgan fingerprint density at radius 2 is 1.75 bits per heavy atom. The normalized spacial score (nSPS) is 14.8. The summed E-state index contributed by atoms with van der Waals surface area (Å²) in [6, 6.07) is 12.3. The molecule has 0 atom stereocenters. The summed E-state index contributed by atoms with van der Waals surface area (Å²) in [6.07, 6.45) is 6.87. The van der Waals surface area contributed by atoms with E-state index in [1.807, 2.05) is 16.8 Å². The molecular weight excluding hydrogens is 355 g/mol. The van der Waals surface area contributed by atoms with Gasteiger partial charge in [-0.05, 0) is 48.7 Å². The maximum atomic E-state index is 13.0. The van der Waals surface area contributed by atoms with Crippen LogP contribution in [0.25, 0.3) is 11.0 Å². The van der Waals surface area contributed by atoms with Gasteiger partial charge in [-0.25, -0.2) is 9.37 Å². The van der Waals surface area contributed by atoms with Crippen molar-refractivity contribution in [1.82, 2.24) is 14.9 Å². The van der Waals surface area contributed by atoms with Crippen LogP contribution in [0.3, 0.4) is 0 Å². The maximum absolute atomic E-state index is 13.0. The fourth-order valence-corrected chi connectivity index (χ4v) is 3.67. The Hall–Kier alpha value is -2.89. The van der Waals surface area contributed by atoms with E-state index < -0.39 is 0 Å². The van der Waals surface area contributed by atoms with Crippen LogP contribution < -0.4 is 10.2 Å². The number of hydrogen-bond donors (Lipinski definition) is 1. The van der Waals surface area contributed by atoms with E-state index in [4.69, 9.17) is 4.98 Å². The molecule has 0 bridgehead atoms. The minimum Gasteiger partial charge on any atom is -0.357 e. The lowest BCUT2D eigenvalue weighted by atomic mass is 10.2. The van der Waals surface area contributed by atoms with Crippen molar-refractivity contribution in [2.24, 2.45) is 0 Å². The van der Waals surface area contributed by atoms with Crippen molar-refractivity contribution in [1.29, 1.82) is 0 Å². The Bertz CT molecular complexity index is 943. The van der Waals surface area contributed by atoms with Crippen LogP contribution in [0.15, 0.2) is 48.7 Å². The molecule has 0 unspecified atom stereocenters. The molecule has 1 aromatic carbocycles. The first-order chi connectivity index (χ1) is 13.7. The zero-order valence-electron chi connectivity index (χ0n) is 15.9. The highest BCUT2D eigenvalue weighted by Gasteiger charge is 2.13. The Kier molecular flexibility index (Phi) is 5.55. The fourth-order valence-electron chi connectivity index (χ4n) is 3.67. The third-order valence-corrected chi connectivity index (χ3v) is 5.24. The number of anilines is 1. The Morgan fingerprint density at radius 3 is 2.50 bits per heavy atom. The van der Waals surface area contributed by atoms with Gasteiger partial charge < -0.3 is 14.8 Å². The molecule has 28 heavy (non-hydrogen) atoms. The van der Waals surface area contributed by atoms with Crippen molar-refractivity contribution in [2.45, 2.75) is 38.8 Å². The van der Waals surface area contributed by atoms with Gasteiger partial charge in [-0.2, -0.15) is 0 Å². The number of rotatable bonds is 5. The number of benzene rings is 1. The lowest BCUT2D eigenvalue weighted by Gasteiger charge is -2.21. The summed E-state index contributed by atoms with van der Waals surface area (Å²) in [6.45, 7) is 2.67. The van der Waals surface area contributed by atoms with Gasteiger partial charge in [-0.3, -0.25) is 4.79 Å². The molecule has 3 heterocycles. The van der Waals surface area contributed by atoms with E-state index >= 15 is 0 Å². The number of nitrogens with one attached hydrogen (secondary N) is 1. The second kappa shape index (κ2) is 8.42. The van der Waals surface area contributed by atoms with E-state index in [0.29, 0.717) is 6.54 Å². The predicted molar refractivity (Wildman–Crippen MR) is 109 cm³/mol. The molecule has 1 N–H and O–H groups in total. The third kappa shape index (κ3) is 4.32. The van der Waals surface area contributed by atoms with Crippen LogP contribution in [0.5, 0.6) is 0 Å². The number of pyridine rings is 1. The van der Waals surface area contributed by atoms with Crippen LogP contribution in [-0.2, 0) is 17.9 Å². The molecule has 6 heteroatoms. The van der Waals surface area contributed by atoms with Gasteiger partial charge in [0.15, 0.2) is 0 Å². The maximum Gasteiger partial charge on any atom is 0.240 e. The number of hydrogen-bond acceptors (Lipinski definition) is 3. The lowest BCUT2D eigenvalue weighted by molar-refractivity contribution is -0.121. The largest absolute Gasteiger partial charge is 0.357 e. The van der Waals surface area contributed by atoms with Crippen LogP contribution in [0, 0.1) is 5.82 Å². The van der Waals surface area contributed by atoms with E-state index in [0.717, 1.165) is 35.5 Å². The standard InChI is InChI=1S/C22H25FN4O/c23-19-8-5-17(6-9-19)15-24-21(28)16-27-14-11-18-7-10-20(25-22(18)27)26-12-3-1-2-4-13-26/h5-11,14H,1-4,12-13,15-16H2,(H,24,28). The average Bonchev–Trinajstić information content (AvgIpc) is 2.92. The Labute approximate surface area is 164 Å². The molecule has 0 radical (unpaired) electrons. The predicted octanol–water partition coefficient (Wildman–Crippen LogP) is 3.87. The summed E-state index contributed by atoms with van der Waals surface area (Å²) in [5.74, 6) is 0.616. The quantitative estimate of drug-likeness (QED) is 0.731. The molecule has 1 aliphatic rings. The zero-order chi connectivity index (χ0) is 19.3. The van der Waals surface area contributed by atoms with Crippen LogP contribution in [0.4, 0.5) is 10.2 Å². The summed E-state index contributed by atoms with van der Waals surface area (Å²) in [5, 5.41) is 3.92. The monoisotopic (exact) mass is 380 g/mol. The molecule has 1 fully saturated rings. The molecule has 1 aliphatic heterocycles. The fraction of sp³-hybridized carbons (Fsp3) is 0.364. The summed E-state index contributed by atoms with van der Waals surface area (Å²) in [5.41, 5.74) is 1.70. The topological polar surface area (TPSA) is 50.2 Å². The number of fused-ring (bicyclic) bond motifs is 1. The van der Waals surface area contributed by atoms with E-state index in [2.05, 4.69) is 22.3 Å². The molecule has 2 aromatic heterocycles. The molecule has 1 amide bonds. The van der Waals surface area contributed by atoms with Crippen LogP contribution in [0.2, 0.25) is 0 Å². The molecule has 5 nitrogen and oxygen atoms in total. The Morgan fingerprint density at radius 1 is 1.00 bits per heavy atom. The second-order valence-electron chi connectivity index (χ2n) is 7.33. The van der Waals surface area contributed by atoms with Crippen molar-refractivity contribution in [3.05, 3.63) is 60.0 Å². The molecule has 146 valence electrons. The first-order valence-corrected chi connectivity index (χ1v) is 9.91. The summed E-state index contributed by atoms with van der Waals surface area (Å²) < 4.78 is 14.9. The van der Waals surface area contributed by atoms with Gasteiger partial charge >= 0.3 is 0 Å². The molecule has 1 saturated heterocycles. The van der Waals surface area contributed by atoms with Gasteiger partial charge in [0.1, 0.15) is 23.8 Å². The molecule has 4 rings (SSSR count). The highest BCUT2D eigenvalue weighted by molar-refractivity contribution is 5.82. The van der Waals surface area contributed by atoms with E-state index in [-0.39, 0.29) is 18.3 Å². The zero-order valence-corrected chi connectivity index (χ0v) is 15.9. The van der Waals surface area contributed by atoms with Crippen molar-refractivity contribution in [2.75, 3.05) is 18.0 Å². The van der Waals surface area contributed by atoms with Gasteiger partial charge in [-0.15, -0.1) is 0 Å². The van der Waals surface area contributed by atoms with Crippen molar-refractivity contribution < 1.29 is 9.18 Å². The summed E-state index contributed by atoms with van der Waals surface area (Å²) in [7, 11) is 0. The van der Waals surface area contributed by atoms with Crippen LogP contribution >= 0.6 is 0 Å². The van der Waals surface area contributed by atoms with Gasteiger partial charge in [0.25, 0.3) is 0 Å². The highest BCUT2D eigenvalue weighted by atomic mass is 19.1. The van der Waals surface area contributed by atoms with E-state index in [1.54, 1.807) is 12.1 Å². The lowest BCUT2D eigenvalue weighted by Crippen LogP contribution is -2.27. The van der Waals surface area contributed by atoms with Crippen molar-refractivity contribution >= 4 is 22.8 Å². The molecule has 0 aliphatic carbocycles. The first kappa shape index (κ1) is 18.5. The minimum absolute atomic E-state index is 0.0937. The summed E-state index contributed by atoms with van der Waals surface area (Å²) >= 11 is 0. The second-order valence-corrected chi connectivity index (χ2v) is 7.33. The molecule has 0 saturated carbocycles. The number of carbonyl (C=O) groups excluding carboxylic acids is 1. The highest BCUT2D eigenvalue weighted by Crippen LogP contribution is 2.22. The van der Waals surface area contributed by atoms with Crippen LogP contribution in [0.1, 0.15) is 31.2 Å². The Balaban J connectivity index is 1.44. The minimum atomic E-state index is -0.278. The SMILES string of the molecule is O=C(Cn1ccc2ccc(N3CCCCCC3)nc21)NCc1ccc(F)cc1. The van der Waals surface area contributed by atoms with Crippen LogP contribution in [-0.4, -0.2) is 28.5 Å². The van der Waals surface area contributed by atoms with Gasteiger partial charge in [0, 0.05) is 31.2 Å². The van der Waals surface area contributed by atoms with Gasteiger partial charge in [0.05, 0.1) is 0 Å². The average molecular weight is 380 g/mol. The number of halogens is 1. The van der Waals surface area contributed by atoms with Crippen molar-refractivity contribution in [3.63, 3.8) is 0 Å². The van der Waals surface area contributed by atoms with Gasteiger partial charge in [-0.1, -0.05) is 25.0 Å². The third-order valence-electron chi connectivity index (χ3n) is 5.24. The van der Waals surface area contributed by atoms with E-state index in [9.17, 15) is 9.18 Å². The first-order valence-electron chi connectivity index (χ1n) is 9.91. The number of nitrogens with zero attached hydrogens (tertiary/aromatic N) is 3. The van der Waals surface area contributed by atoms with Gasteiger partial charge in [0.2, 0.25) is 5.91 Å². The van der Waals surface area contributed by atoms with E-state index in [1.165, 1.54) is 37.8 Å². The number of carbonyl (C=O) groups is 1. The molecule has 3 aromatic rings. The number of amides is 1. The number of aromatic nitrogens is 2.